The lowest BCUT2D eigenvalue weighted by Gasteiger charge is -2.42. The Hall–Kier alpha value is -2.78. The number of Topliss-reactive ketones (excluding diaryl/α,β-unsaturated/α-hetero) is 1. The van der Waals surface area contributed by atoms with Gasteiger partial charge in [0.1, 0.15) is 17.4 Å². The number of hydrogen-bond acceptors (Lipinski definition) is 5. The molecular formula is C22H24ClFN4O4. The molecule has 0 aromatic heterocycles. The summed E-state index contributed by atoms with van der Waals surface area (Å²) in [6.07, 6.45) is 1.63. The molecule has 32 heavy (non-hydrogen) atoms. The number of amides is 3. The molecule has 3 aliphatic rings. The summed E-state index contributed by atoms with van der Waals surface area (Å²) in [5, 5.41) is -0.0607. The number of fused-ring (bicyclic) bond motifs is 2. The van der Waals surface area contributed by atoms with Gasteiger partial charge < -0.3 is 20.4 Å². The Kier molecular flexibility index (Phi) is 6.30. The zero-order valence-corrected chi connectivity index (χ0v) is 18.2. The largest absolute Gasteiger partial charge is 0.337 e. The molecule has 3 heterocycles. The summed E-state index contributed by atoms with van der Waals surface area (Å²) < 4.78 is 13.5. The Morgan fingerprint density at radius 2 is 1.78 bits per heavy atom. The second-order valence-electron chi connectivity index (χ2n) is 8.17. The van der Waals surface area contributed by atoms with Crippen molar-refractivity contribution in [1.29, 1.82) is 0 Å². The molecule has 0 spiro atoms. The minimum atomic E-state index is -1.30. The first-order valence-electron chi connectivity index (χ1n) is 10.6. The smallest absolute Gasteiger partial charge is 0.295 e. The fourth-order valence-electron chi connectivity index (χ4n) is 4.57. The zero-order chi connectivity index (χ0) is 23.0. The summed E-state index contributed by atoms with van der Waals surface area (Å²) in [6.45, 7) is 1.78. The number of nitrogens with two attached hydrogens (primary N) is 1. The number of carbonyl (C=O) groups is 4. The fourth-order valence-corrected chi connectivity index (χ4v) is 4.78. The molecule has 3 amide bonds. The highest BCUT2D eigenvalue weighted by Crippen LogP contribution is 2.36. The third-order valence-electron chi connectivity index (χ3n) is 6.16. The predicted octanol–water partition coefficient (Wildman–Crippen LogP) is 1.07. The summed E-state index contributed by atoms with van der Waals surface area (Å²) in [6, 6.07) is 4.16. The SMILES string of the molecule is NCCN1CCCCN2C(=O)C(=O)C3C(=O)N(Cc4ccc(F)c(Cl)c4)CCC3=C2C1=O. The van der Waals surface area contributed by atoms with E-state index in [4.69, 9.17) is 17.3 Å². The van der Waals surface area contributed by atoms with E-state index in [2.05, 4.69) is 0 Å². The van der Waals surface area contributed by atoms with E-state index in [9.17, 15) is 23.6 Å². The number of likely N-dealkylation sites (tertiary alicyclic amines) is 1. The Morgan fingerprint density at radius 1 is 1.03 bits per heavy atom. The van der Waals surface area contributed by atoms with Crippen molar-refractivity contribution in [2.24, 2.45) is 11.7 Å². The van der Waals surface area contributed by atoms with Gasteiger partial charge in [-0.2, -0.15) is 0 Å². The lowest BCUT2D eigenvalue weighted by Crippen LogP contribution is -2.57. The van der Waals surface area contributed by atoms with Gasteiger partial charge in [0.15, 0.2) is 0 Å². The minimum Gasteiger partial charge on any atom is -0.337 e. The number of rotatable bonds is 4. The summed E-state index contributed by atoms with van der Waals surface area (Å²) in [4.78, 5) is 56.7. The van der Waals surface area contributed by atoms with E-state index in [0.29, 0.717) is 43.5 Å². The van der Waals surface area contributed by atoms with Gasteiger partial charge in [-0.1, -0.05) is 17.7 Å². The van der Waals surface area contributed by atoms with Gasteiger partial charge >= 0.3 is 0 Å². The van der Waals surface area contributed by atoms with Crippen LogP contribution in [0.4, 0.5) is 4.39 Å². The van der Waals surface area contributed by atoms with Gasteiger partial charge in [-0.15, -0.1) is 0 Å². The molecule has 3 aliphatic heterocycles. The van der Waals surface area contributed by atoms with Gasteiger partial charge in [-0.05, 0) is 42.5 Å². The summed E-state index contributed by atoms with van der Waals surface area (Å²) in [7, 11) is 0. The van der Waals surface area contributed by atoms with Gasteiger partial charge in [-0.3, -0.25) is 19.2 Å². The van der Waals surface area contributed by atoms with Crippen LogP contribution in [-0.2, 0) is 25.7 Å². The first kappa shape index (κ1) is 22.4. The van der Waals surface area contributed by atoms with Crippen LogP contribution < -0.4 is 5.73 Å². The topological polar surface area (TPSA) is 104 Å². The monoisotopic (exact) mass is 462 g/mol. The second-order valence-corrected chi connectivity index (χ2v) is 8.58. The Balaban J connectivity index is 1.68. The maximum atomic E-state index is 13.5. The van der Waals surface area contributed by atoms with Gasteiger partial charge in [-0.25, -0.2) is 4.39 Å². The first-order valence-corrected chi connectivity index (χ1v) is 11.0. The molecule has 1 aromatic rings. The number of benzene rings is 1. The van der Waals surface area contributed by atoms with E-state index in [1.54, 1.807) is 4.90 Å². The molecule has 0 saturated carbocycles. The van der Waals surface area contributed by atoms with E-state index in [1.165, 1.54) is 28.0 Å². The van der Waals surface area contributed by atoms with Crippen LogP contribution in [0.2, 0.25) is 5.02 Å². The highest BCUT2D eigenvalue weighted by molar-refractivity contribution is 6.43. The number of piperidine rings is 1. The highest BCUT2D eigenvalue weighted by Gasteiger charge is 2.50. The van der Waals surface area contributed by atoms with E-state index >= 15 is 0 Å². The maximum absolute atomic E-state index is 13.5. The molecule has 1 aromatic carbocycles. The number of nitrogens with zero attached hydrogens (tertiary/aromatic N) is 3. The molecule has 0 bridgehead atoms. The predicted molar refractivity (Wildman–Crippen MR) is 114 cm³/mol. The average Bonchev–Trinajstić information content (AvgIpc) is 2.76. The quantitative estimate of drug-likeness (QED) is 0.532. The third kappa shape index (κ3) is 3.91. The molecule has 1 atom stereocenters. The van der Waals surface area contributed by atoms with Crippen LogP contribution in [0.25, 0.3) is 0 Å². The van der Waals surface area contributed by atoms with Crippen molar-refractivity contribution in [3.8, 4) is 0 Å². The van der Waals surface area contributed by atoms with Gasteiger partial charge in [0, 0.05) is 39.3 Å². The molecule has 1 unspecified atom stereocenters. The molecule has 0 aliphatic carbocycles. The molecule has 10 heteroatoms. The Bertz CT molecular complexity index is 1030. The number of ketones is 1. The fraction of sp³-hybridized carbons (Fsp3) is 0.455. The van der Waals surface area contributed by atoms with Crippen LogP contribution in [-0.4, -0.2) is 70.9 Å². The van der Waals surface area contributed by atoms with Crippen LogP contribution >= 0.6 is 11.6 Å². The molecule has 2 N–H and O–H groups in total. The van der Waals surface area contributed by atoms with E-state index in [1.807, 2.05) is 0 Å². The van der Waals surface area contributed by atoms with Crippen molar-refractivity contribution in [2.75, 3.05) is 32.7 Å². The average molecular weight is 463 g/mol. The maximum Gasteiger partial charge on any atom is 0.295 e. The standard InChI is InChI=1S/C22H24ClFN4O4/c23-15-11-13(3-4-16(15)24)12-27-9-5-14-17(20(27)30)19(29)22(32)28-8-2-1-7-26(10-6-25)21(31)18(14)28/h3-4,11,17H,1-2,5-10,12,25H2. The van der Waals surface area contributed by atoms with E-state index in [-0.39, 0.29) is 42.8 Å². The zero-order valence-electron chi connectivity index (χ0n) is 17.5. The van der Waals surface area contributed by atoms with Crippen molar-refractivity contribution in [2.45, 2.75) is 25.8 Å². The van der Waals surface area contributed by atoms with Crippen molar-refractivity contribution in [1.82, 2.24) is 14.7 Å². The number of halogens is 2. The molecule has 8 nitrogen and oxygen atoms in total. The lowest BCUT2D eigenvalue weighted by atomic mass is 9.81. The Labute approximate surface area is 189 Å². The lowest BCUT2D eigenvalue weighted by molar-refractivity contribution is -0.154. The van der Waals surface area contributed by atoms with E-state index < -0.39 is 29.3 Å². The van der Waals surface area contributed by atoms with E-state index in [0.717, 1.165) is 0 Å². The minimum absolute atomic E-state index is 0.0607. The highest BCUT2D eigenvalue weighted by atomic mass is 35.5. The molecule has 4 rings (SSSR count). The summed E-state index contributed by atoms with van der Waals surface area (Å²) >= 11 is 5.84. The van der Waals surface area contributed by atoms with Crippen LogP contribution in [0.15, 0.2) is 29.5 Å². The van der Waals surface area contributed by atoms with Crippen molar-refractivity contribution in [3.63, 3.8) is 0 Å². The van der Waals surface area contributed by atoms with Gasteiger partial charge in [0.25, 0.3) is 11.8 Å². The second kappa shape index (κ2) is 8.99. The van der Waals surface area contributed by atoms with Gasteiger partial charge in [0.2, 0.25) is 11.7 Å². The van der Waals surface area contributed by atoms with Crippen molar-refractivity contribution in [3.05, 3.63) is 45.9 Å². The van der Waals surface area contributed by atoms with Crippen LogP contribution in [0.5, 0.6) is 0 Å². The van der Waals surface area contributed by atoms with Gasteiger partial charge in [0.05, 0.1) is 5.02 Å². The molecular weight excluding hydrogens is 439 g/mol. The third-order valence-corrected chi connectivity index (χ3v) is 6.45. The molecule has 2 saturated heterocycles. The molecule has 170 valence electrons. The first-order chi connectivity index (χ1) is 15.3. The number of carbonyl (C=O) groups excluding carboxylic acids is 4. The Morgan fingerprint density at radius 3 is 2.50 bits per heavy atom. The number of hydrogen-bond donors (Lipinski definition) is 1. The van der Waals surface area contributed by atoms with Crippen molar-refractivity contribution >= 4 is 35.1 Å². The summed E-state index contributed by atoms with van der Waals surface area (Å²) in [5.41, 5.74) is 6.82. The normalized spacial score (nSPS) is 22.1. The summed E-state index contributed by atoms with van der Waals surface area (Å²) in [5.74, 6) is -4.39. The molecule has 0 radical (unpaired) electrons. The van der Waals surface area contributed by atoms with Crippen molar-refractivity contribution < 1.29 is 23.6 Å². The van der Waals surface area contributed by atoms with Crippen LogP contribution in [0.1, 0.15) is 24.8 Å². The van der Waals surface area contributed by atoms with Crippen LogP contribution in [0, 0.1) is 11.7 Å². The van der Waals surface area contributed by atoms with Crippen LogP contribution in [0.3, 0.4) is 0 Å². The molecule has 2 fully saturated rings.